The zero-order chi connectivity index (χ0) is 18.7. The number of ether oxygens (including phenoxy) is 3. The number of hydrogen-bond acceptors (Lipinski definition) is 6. The average Bonchev–Trinajstić information content (AvgIpc) is 3.20. The van der Waals surface area contributed by atoms with Crippen molar-refractivity contribution in [3.8, 4) is 5.88 Å². The van der Waals surface area contributed by atoms with E-state index in [1.165, 1.54) is 0 Å². The van der Waals surface area contributed by atoms with E-state index in [2.05, 4.69) is 16.0 Å². The molecule has 3 aliphatic heterocycles. The van der Waals surface area contributed by atoms with Gasteiger partial charge < -0.3 is 19.1 Å². The van der Waals surface area contributed by atoms with Gasteiger partial charge in [0.2, 0.25) is 11.8 Å². The first-order valence-corrected chi connectivity index (χ1v) is 9.91. The molecule has 3 aliphatic rings. The van der Waals surface area contributed by atoms with Crippen LogP contribution in [-0.4, -0.2) is 78.9 Å². The summed E-state index contributed by atoms with van der Waals surface area (Å²) in [6.45, 7) is 5.24. The van der Waals surface area contributed by atoms with E-state index in [1.54, 1.807) is 13.3 Å². The maximum atomic E-state index is 12.2. The van der Waals surface area contributed by atoms with Gasteiger partial charge in [0.25, 0.3) is 0 Å². The van der Waals surface area contributed by atoms with E-state index < -0.39 is 0 Å². The molecule has 7 heteroatoms. The standard InChI is InChI=1S/C20H29N3O4/c1-25-19-16(5-4-7-21-19)12-22-14-20(15-22)11-17(6-10-27-20)26-13-18(24)23-8-2-3-9-23/h4-5,7,17H,2-3,6,8-15H2,1H3. The number of aromatic nitrogens is 1. The number of nitrogens with zero attached hydrogens (tertiary/aromatic N) is 3. The Hall–Kier alpha value is -1.70. The summed E-state index contributed by atoms with van der Waals surface area (Å²) in [6, 6.07) is 3.99. The summed E-state index contributed by atoms with van der Waals surface area (Å²) in [5, 5.41) is 0. The number of amides is 1. The lowest BCUT2D eigenvalue weighted by Crippen LogP contribution is -2.65. The van der Waals surface area contributed by atoms with E-state index >= 15 is 0 Å². The summed E-state index contributed by atoms with van der Waals surface area (Å²) in [5.74, 6) is 0.816. The van der Waals surface area contributed by atoms with Gasteiger partial charge in [-0.1, -0.05) is 6.07 Å². The van der Waals surface area contributed by atoms with Gasteiger partial charge in [-0.05, 0) is 25.3 Å². The van der Waals surface area contributed by atoms with Gasteiger partial charge in [0.15, 0.2) is 0 Å². The van der Waals surface area contributed by atoms with Gasteiger partial charge in [-0.25, -0.2) is 4.98 Å². The van der Waals surface area contributed by atoms with Gasteiger partial charge in [-0.3, -0.25) is 9.69 Å². The monoisotopic (exact) mass is 375 g/mol. The van der Waals surface area contributed by atoms with E-state index in [1.807, 2.05) is 11.0 Å². The first kappa shape index (κ1) is 18.7. The number of likely N-dealkylation sites (tertiary alicyclic amines) is 2. The van der Waals surface area contributed by atoms with Gasteiger partial charge in [0.05, 0.1) is 18.8 Å². The van der Waals surface area contributed by atoms with Gasteiger partial charge in [-0.2, -0.15) is 0 Å². The molecule has 0 saturated carbocycles. The fraction of sp³-hybridized carbons (Fsp3) is 0.700. The molecular weight excluding hydrogens is 346 g/mol. The van der Waals surface area contributed by atoms with Gasteiger partial charge in [0, 0.05) is 57.5 Å². The largest absolute Gasteiger partial charge is 0.481 e. The minimum absolute atomic E-state index is 0.111. The molecule has 4 rings (SSSR count). The van der Waals surface area contributed by atoms with Crippen LogP contribution in [0.2, 0.25) is 0 Å². The van der Waals surface area contributed by atoms with Crippen LogP contribution in [0.3, 0.4) is 0 Å². The summed E-state index contributed by atoms with van der Waals surface area (Å²) in [4.78, 5) is 20.7. The third-order valence-electron chi connectivity index (χ3n) is 5.81. The van der Waals surface area contributed by atoms with E-state index in [4.69, 9.17) is 14.2 Å². The Morgan fingerprint density at radius 1 is 1.37 bits per heavy atom. The zero-order valence-corrected chi connectivity index (χ0v) is 16.1. The van der Waals surface area contributed by atoms with Crippen molar-refractivity contribution in [3.63, 3.8) is 0 Å². The molecule has 0 aromatic carbocycles. The van der Waals surface area contributed by atoms with Crippen molar-refractivity contribution in [2.75, 3.05) is 46.5 Å². The van der Waals surface area contributed by atoms with Crippen molar-refractivity contribution < 1.29 is 19.0 Å². The molecule has 1 atom stereocenters. The van der Waals surface area contributed by atoms with Crippen LogP contribution in [-0.2, 0) is 20.8 Å². The topological polar surface area (TPSA) is 64.1 Å². The molecule has 1 aromatic heterocycles. The Labute approximate surface area is 160 Å². The molecule has 1 amide bonds. The highest BCUT2D eigenvalue weighted by Crippen LogP contribution is 2.36. The molecule has 1 aromatic rings. The normalized spacial score (nSPS) is 24.8. The maximum Gasteiger partial charge on any atom is 0.248 e. The van der Waals surface area contributed by atoms with Crippen LogP contribution in [0.1, 0.15) is 31.2 Å². The summed E-state index contributed by atoms with van der Waals surface area (Å²) < 4.78 is 17.4. The Morgan fingerprint density at radius 3 is 2.96 bits per heavy atom. The number of pyridine rings is 1. The first-order valence-electron chi connectivity index (χ1n) is 9.91. The van der Waals surface area contributed by atoms with Crippen molar-refractivity contribution in [2.45, 2.75) is 43.9 Å². The SMILES string of the molecule is COc1ncccc1CN1CC2(CC(OCC(=O)N3CCCC3)CCO2)C1. The van der Waals surface area contributed by atoms with Crippen LogP contribution in [0.5, 0.6) is 5.88 Å². The highest BCUT2D eigenvalue weighted by Gasteiger charge is 2.47. The highest BCUT2D eigenvalue weighted by atomic mass is 16.5. The minimum atomic E-state index is -0.130. The molecule has 27 heavy (non-hydrogen) atoms. The van der Waals surface area contributed by atoms with Crippen LogP contribution in [0.4, 0.5) is 0 Å². The average molecular weight is 375 g/mol. The van der Waals surface area contributed by atoms with E-state index in [-0.39, 0.29) is 24.2 Å². The van der Waals surface area contributed by atoms with E-state index in [9.17, 15) is 4.79 Å². The maximum absolute atomic E-state index is 12.2. The van der Waals surface area contributed by atoms with Crippen molar-refractivity contribution >= 4 is 5.91 Å². The predicted molar refractivity (Wildman–Crippen MR) is 99.5 cm³/mol. The lowest BCUT2D eigenvalue weighted by molar-refractivity contribution is -0.200. The Kier molecular flexibility index (Phi) is 5.61. The van der Waals surface area contributed by atoms with Crippen molar-refractivity contribution in [1.29, 1.82) is 0 Å². The fourth-order valence-corrected chi connectivity index (χ4v) is 4.44. The molecule has 3 saturated heterocycles. The zero-order valence-electron chi connectivity index (χ0n) is 16.1. The molecular formula is C20H29N3O4. The van der Waals surface area contributed by atoms with Crippen LogP contribution in [0.15, 0.2) is 18.3 Å². The second-order valence-corrected chi connectivity index (χ2v) is 7.86. The molecule has 148 valence electrons. The number of carbonyl (C=O) groups is 1. The summed E-state index contributed by atoms with van der Waals surface area (Å²) in [5.41, 5.74) is 0.962. The fourth-order valence-electron chi connectivity index (χ4n) is 4.44. The minimum Gasteiger partial charge on any atom is -0.481 e. The van der Waals surface area contributed by atoms with Crippen LogP contribution in [0.25, 0.3) is 0 Å². The molecule has 0 bridgehead atoms. The highest BCUT2D eigenvalue weighted by molar-refractivity contribution is 5.77. The molecule has 4 heterocycles. The van der Waals surface area contributed by atoms with Gasteiger partial charge in [0.1, 0.15) is 6.61 Å². The van der Waals surface area contributed by atoms with E-state index in [0.717, 1.165) is 64.0 Å². The van der Waals surface area contributed by atoms with Gasteiger partial charge in [-0.15, -0.1) is 0 Å². The summed E-state index contributed by atoms with van der Waals surface area (Å²) in [6.07, 6.45) is 5.82. The van der Waals surface area contributed by atoms with Gasteiger partial charge >= 0.3 is 0 Å². The molecule has 3 fully saturated rings. The number of methoxy groups -OCH3 is 1. The summed E-state index contributed by atoms with van der Waals surface area (Å²) >= 11 is 0. The number of carbonyl (C=O) groups excluding carboxylic acids is 1. The molecule has 1 unspecified atom stereocenters. The third kappa shape index (κ3) is 4.25. The number of hydrogen-bond donors (Lipinski definition) is 0. The van der Waals surface area contributed by atoms with Crippen LogP contribution < -0.4 is 4.74 Å². The predicted octanol–water partition coefficient (Wildman–Crippen LogP) is 1.46. The molecule has 7 nitrogen and oxygen atoms in total. The lowest BCUT2D eigenvalue weighted by atomic mass is 9.84. The Bertz CT molecular complexity index is 656. The second kappa shape index (κ2) is 8.12. The lowest BCUT2D eigenvalue weighted by Gasteiger charge is -2.53. The van der Waals surface area contributed by atoms with Crippen LogP contribution >= 0.6 is 0 Å². The second-order valence-electron chi connectivity index (χ2n) is 7.86. The molecule has 0 N–H and O–H groups in total. The van der Waals surface area contributed by atoms with E-state index in [0.29, 0.717) is 12.5 Å². The van der Waals surface area contributed by atoms with Crippen molar-refractivity contribution in [1.82, 2.24) is 14.8 Å². The third-order valence-corrected chi connectivity index (χ3v) is 5.81. The summed E-state index contributed by atoms with van der Waals surface area (Å²) in [7, 11) is 1.65. The molecule has 1 spiro atoms. The van der Waals surface area contributed by atoms with Crippen LogP contribution in [0, 0.1) is 0 Å². The van der Waals surface area contributed by atoms with Crippen molar-refractivity contribution in [2.24, 2.45) is 0 Å². The quantitative estimate of drug-likeness (QED) is 0.750. The smallest absolute Gasteiger partial charge is 0.248 e. The first-order chi connectivity index (χ1) is 13.2. The molecule has 0 radical (unpaired) electrons. The number of rotatable bonds is 6. The van der Waals surface area contributed by atoms with Crippen molar-refractivity contribution in [3.05, 3.63) is 23.9 Å². The Morgan fingerprint density at radius 2 is 2.19 bits per heavy atom. The molecule has 0 aliphatic carbocycles. The Balaban J connectivity index is 1.25.